The number of carbonyl (C=O) groups is 1. The van der Waals surface area contributed by atoms with Gasteiger partial charge < -0.3 is 5.32 Å². The van der Waals surface area contributed by atoms with Gasteiger partial charge in [0.25, 0.3) is 0 Å². The van der Waals surface area contributed by atoms with Crippen LogP contribution in [0.15, 0.2) is 54.0 Å². The van der Waals surface area contributed by atoms with Crippen molar-refractivity contribution in [3.8, 4) is 10.4 Å². The number of anilines is 1. The molecule has 26 heavy (non-hydrogen) atoms. The van der Waals surface area contributed by atoms with Crippen molar-refractivity contribution in [3.05, 3.63) is 65.6 Å². The second-order valence-corrected chi connectivity index (χ2v) is 6.78. The summed E-state index contributed by atoms with van der Waals surface area (Å²) in [4.78, 5) is 17.9. The van der Waals surface area contributed by atoms with Crippen LogP contribution >= 0.6 is 11.3 Å². The summed E-state index contributed by atoms with van der Waals surface area (Å²) in [5.41, 5.74) is 2.94. The first-order valence-corrected chi connectivity index (χ1v) is 8.91. The van der Waals surface area contributed by atoms with E-state index in [9.17, 15) is 9.18 Å². The number of hydrogen-bond acceptors (Lipinski definition) is 4. The number of thiophene rings is 1. The molecule has 1 N–H and O–H groups in total. The van der Waals surface area contributed by atoms with Crippen molar-refractivity contribution in [2.45, 2.75) is 13.5 Å². The lowest BCUT2D eigenvalue weighted by Crippen LogP contribution is -2.19. The number of nitrogens with one attached hydrogen (secondary N) is 1. The summed E-state index contributed by atoms with van der Waals surface area (Å²) in [6.07, 6.45) is 1.72. The molecule has 3 heterocycles. The van der Waals surface area contributed by atoms with Crippen LogP contribution in [0.5, 0.6) is 0 Å². The number of halogens is 1. The van der Waals surface area contributed by atoms with Gasteiger partial charge in [0.15, 0.2) is 5.65 Å². The highest BCUT2D eigenvalue weighted by atomic mass is 32.1. The minimum Gasteiger partial charge on any atom is -0.324 e. The molecule has 0 bridgehead atoms. The molecule has 0 atom stereocenters. The number of nitrogens with zero attached hydrogens (tertiary/aromatic N) is 3. The summed E-state index contributed by atoms with van der Waals surface area (Å²) >= 11 is 1.65. The molecule has 0 aliphatic heterocycles. The zero-order chi connectivity index (χ0) is 18.1. The summed E-state index contributed by atoms with van der Waals surface area (Å²) in [6.45, 7) is 1.91. The predicted octanol–water partition coefficient (Wildman–Crippen LogP) is 4.25. The molecule has 4 rings (SSSR count). The maximum atomic E-state index is 13.3. The molecule has 130 valence electrons. The number of aromatic nitrogens is 3. The third-order valence-corrected chi connectivity index (χ3v) is 4.90. The van der Waals surface area contributed by atoms with E-state index in [0.29, 0.717) is 11.3 Å². The number of rotatable bonds is 4. The Morgan fingerprint density at radius 2 is 2.15 bits per heavy atom. The molecule has 0 aliphatic carbocycles. The van der Waals surface area contributed by atoms with E-state index in [2.05, 4.69) is 15.4 Å². The molecule has 0 unspecified atom stereocenters. The van der Waals surface area contributed by atoms with E-state index in [-0.39, 0.29) is 12.5 Å². The van der Waals surface area contributed by atoms with E-state index in [1.165, 1.54) is 12.1 Å². The Morgan fingerprint density at radius 1 is 1.27 bits per heavy atom. The first-order chi connectivity index (χ1) is 12.6. The predicted molar refractivity (Wildman–Crippen MR) is 101 cm³/mol. The minimum absolute atomic E-state index is 0.00173. The fraction of sp³-hybridized carbons (Fsp3) is 0.105. The lowest BCUT2D eigenvalue weighted by Gasteiger charge is -2.06. The number of benzene rings is 1. The first kappa shape index (κ1) is 16.4. The van der Waals surface area contributed by atoms with Crippen LogP contribution in [0, 0.1) is 12.7 Å². The number of hydrogen-bond donors (Lipinski definition) is 1. The Labute approximate surface area is 153 Å². The molecular weight excluding hydrogens is 351 g/mol. The van der Waals surface area contributed by atoms with Gasteiger partial charge in [-0.25, -0.2) is 14.1 Å². The van der Waals surface area contributed by atoms with Gasteiger partial charge >= 0.3 is 0 Å². The Morgan fingerprint density at radius 3 is 2.92 bits per heavy atom. The highest BCUT2D eigenvalue weighted by Crippen LogP contribution is 2.32. The fourth-order valence-corrected chi connectivity index (χ4v) is 3.69. The topological polar surface area (TPSA) is 59.8 Å². The van der Waals surface area contributed by atoms with Gasteiger partial charge in [0.2, 0.25) is 5.91 Å². The standard InChI is InChI=1S/C19H15FN4OS/c1-12-18-15(16-6-3-9-26-16)7-8-21-19(18)24(23-12)11-17(25)22-14-5-2-4-13(20)10-14/h2-10H,11H2,1H3,(H,22,25). The molecule has 0 radical (unpaired) electrons. The number of carbonyl (C=O) groups excluding carboxylic acids is 1. The molecule has 0 saturated heterocycles. The van der Waals surface area contributed by atoms with Gasteiger partial charge in [-0.1, -0.05) is 12.1 Å². The molecular formula is C19H15FN4OS. The molecule has 3 aromatic heterocycles. The summed E-state index contributed by atoms with van der Waals surface area (Å²) in [7, 11) is 0. The van der Waals surface area contributed by atoms with Gasteiger partial charge in [0.1, 0.15) is 12.4 Å². The van der Waals surface area contributed by atoms with Gasteiger partial charge in [0, 0.05) is 22.3 Å². The average Bonchev–Trinajstić information content (AvgIpc) is 3.24. The third kappa shape index (κ3) is 3.09. The number of fused-ring (bicyclic) bond motifs is 1. The molecule has 1 amide bonds. The van der Waals surface area contributed by atoms with E-state index >= 15 is 0 Å². The Balaban J connectivity index is 1.65. The quantitative estimate of drug-likeness (QED) is 0.587. The largest absolute Gasteiger partial charge is 0.324 e. The fourth-order valence-electron chi connectivity index (χ4n) is 2.93. The molecule has 0 fully saturated rings. The van der Waals surface area contributed by atoms with Crippen molar-refractivity contribution >= 4 is 34.0 Å². The Bertz CT molecular complexity index is 1090. The van der Waals surface area contributed by atoms with Crippen molar-refractivity contribution in [2.24, 2.45) is 0 Å². The van der Waals surface area contributed by atoms with Crippen molar-refractivity contribution in [3.63, 3.8) is 0 Å². The minimum atomic E-state index is -0.398. The Hall–Kier alpha value is -3.06. The number of aryl methyl sites for hydroxylation is 1. The molecule has 5 nitrogen and oxygen atoms in total. The average molecular weight is 366 g/mol. The van der Waals surface area contributed by atoms with E-state index in [0.717, 1.165) is 21.5 Å². The maximum Gasteiger partial charge on any atom is 0.246 e. The molecule has 0 saturated carbocycles. The lowest BCUT2D eigenvalue weighted by molar-refractivity contribution is -0.116. The van der Waals surface area contributed by atoms with Crippen LogP contribution in [0.3, 0.4) is 0 Å². The second kappa shape index (κ2) is 6.68. The van der Waals surface area contributed by atoms with Crippen molar-refractivity contribution in [1.82, 2.24) is 14.8 Å². The molecule has 0 aliphatic rings. The monoisotopic (exact) mass is 366 g/mol. The van der Waals surface area contributed by atoms with Crippen LogP contribution in [-0.2, 0) is 11.3 Å². The van der Waals surface area contributed by atoms with E-state index in [1.807, 2.05) is 30.5 Å². The molecule has 7 heteroatoms. The SMILES string of the molecule is Cc1nn(CC(=O)Nc2cccc(F)c2)c2nccc(-c3cccs3)c12. The van der Waals surface area contributed by atoms with Gasteiger partial charge in [-0.05, 0) is 42.6 Å². The van der Waals surface area contributed by atoms with Crippen LogP contribution in [-0.4, -0.2) is 20.7 Å². The lowest BCUT2D eigenvalue weighted by atomic mass is 10.1. The second-order valence-electron chi connectivity index (χ2n) is 5.84. The van der Waals surface area contributed by atoms with Crippen LogP contribution in [0.1, 0.15) is 5.69 Å². The number of amides is 1. The van der Waals surface area contributed by atoms with Crippen LogP contribution in [0.25, 0.3) is 21.5 Å². The smallest absolute Gasteiger partial charge is 0.246 e. The van der Waals surface area contributed by atoms with Crippen LogP contribution in [0.2, 0.25) is 0 Å². The summed E-state index contributed by atoms with van der Waals surface area (Å²) in [5, 5.41) is 10.1. The highest BCUT2D eigenvalue weighted by molar-refractivity contribution is 7.13. The molecule has 1 aromatic carbocycles. The van der Waals surface area contributed by atoms with E-state index in [1.54, 1.807) is 34.3 Å². The zero-order valence-electron chi connectivity index (χ0n) is 13.9. The third-order valence-electron chi connectivity index (χ3n) is 4.00. The van der Waals surface area contributed by atoms with Crippen LogP contribution in [0.4, 0.5) is 10.1 Å². The van der Waals surface area contributed by atoms with Gasteiger partial charge in [0.05, 0.1) is 11.1 Å². The normalized spacial score (nSPS) is 11.0. The van der Waals surface area contributed by atoms with Crippen LogP contribution < -0.4 is 5.32 Å². The Kier molecular flexibility index (Phi) is 4.22. The van der Waals surface area contributed by atoms with Crippen molar-refractivity contribution < 1.29 is 9.18 Å². The molecule has 0 spiro atoms. The highest BCUT2D eigenvalue weighted by Gasteiger charge is 2.16. The van der Waals surface area contributed by atoms with Gasteiger partial charge in [-0.2, -0.15) is 5.10 Å². The summed E-state index contributed by atoms with van der Waals surface area (Å²) in [5.74, 6) is -0.686. The van der Waals surface area contributed by atoms with E-state index < -0.39 is 5.82 Å². The summed E-state index contributed by atoms with van der Waals surface area (Å²) in [6, 6.07) is 11.8. The van der Waals surface area contributed by atoms with Gasteiger partial charge in [-0.15, -0.1) is 11.3 Å². The maximum absolute atomic E-state index is 13.3. The summed E-state index contributed by atoms with van der Waals surface area (Å²) < 4.78 is 14.8. The van der Waals surface area contributed by atoms with Crippen molar-refractivity contribution in [1.29, 1.82) is 0 Å². The van der Waals surface area contributed by atoms with Crippen molar-refractivity contribution in [2.75, 3.05) is 5.32 Å². The molecule has 4 aromatic rings. The van der Waals surface area contributed by atoms with E-state index in [4.69, 9.17) is 0 Å². The van der Waals surface area contributed by atoms with Gasteiger partial charge in [-0.3, -0.25) is 4.79 Å². The zero-order valence-corrected chi connectivity index (χ0v) is 14.8. The number of pyridine rings is 1. The first-order valence-electron chi connectivity index (χ1n) is 8.03.